The Morgan fingerprint density at radius 3 is 2.63 bits per heavy atom. The highest BCUT2D eigenvalue weighted by Gasteiger charge is 2.07. The Bertz CT molecular complexity index is 547. The highest BCUT2D eigenvalue weighted by molar-refractivity contribution is 7.12. The fourth-order valence-electron chi connectivity index (χ4n) is 1.71. The molecule has 2 rings (SSSR count). The van der Waals surface area contributed by atoms with Gasteiger partial charge in [0.1, 0.15) is 0 Å². The number of nitrogens with one attached hydrogen (secondary N) is 1. The number of thiophene rings is 1. The number of carbonyl (C=O) groups excluding carboxylic acids is 1. The molecule has 0 unspecified atom stereocenters. The van der Waals surface area contributed by atoms with Crippen molar-refractivity contribution in [3.63, 3.8) is 0 Å². The predicted molar refractivity (Wildman–Crippen MR) is 79.7 cm³/mol. The van der Waals surface area contributed by atoms with Gasteiger partial charge in [-0.25, -0.2) is 5.43 Å². The minimum absolute atomic E-state index is 0.153. The fraction of sp³-hybridized carbons (Fsp3) is 0.200. The molecular formula is C15H16N2OS. The Kier molecular flexibility index (Phi) is 4.86. The largest absolute Gasteiger partial charge is 0.281 e. The topological polar surface area (TPSA) is 41.5 Å². The van der Waals surface area contributed by atoms with Crippen LogP contribution in [0.2, 0.25) is 0 Å². The summed E-state index contributed by atoms with van der Waals surface area (Å²) in [6, 6.07) is 13.6. The number of rotatable bonds is 5. The van der Waals surface area contributed by atoms with Crippen molar-refractivity contribution in [3.05, 3.63) is 58.3 Å². The molecule has 1 amide bonds. The van der Waals surface area contributed by atoms with Gasteiger partial charge in [-0.15, -0.1) is 11.3 Å². The lowest BCUT2D eigenvalue weighted by molar-refractivity contribution is 0.0959. The monoisotopic (exact) mass is 272 g/mol. The second-order valence-electron chi connectivity index (χ2n) is 4.09. The van der Waals surface area contributed by atoms with Crippen molar-refractivity contribution >= 4 is 23.0 Å². The van der Waals surface area contributed by atoms with E-state index in [1.165, 1.54) is 11.3 Å². The smallest absolute Gasteiger partial charge is 0.266 e. The molecule has 0 radical (unpaired) electrons. The van der Waals surface area contributed by atoms with Crippen molar-refractivity contribution in [1.82, 2.24) is 5.43 Å². The van der Waals surface area contributed by atoms with Gasteiger partial charge in [-0.2, -0.15) is 5.10 Å². The Morgan fingerprint density at radius 2 is 2.00 bits per heavy atom. The van der Waals surface area contributed by atoms with E-state index in [2.05, 4.69) is 17.5 Å². The molecule has 0 aliphatic heterocycles. The predicted octanol–water partition coefficient (Wildman–Crippen LogP) is 3.68. The molecule has 1 N–H and O–H groups in total. The van der Waals surface area contributed by atoms with Crippen molar-refractivity contribution in [3.8, 4) is 0 Å². The lowest BCUT2D eigenvalue weighted by Crippen LogP contribution is -2.19. The second kappa shape index (κ2) is 6.85. The molecule has 4 heteroatoms. The maximum absolute atomic E-state index is 11.8. The van der Waals surface area contributed by atoms with E-state index in [-0.39, 0.29) is 5.91 Å². The van der Waals surface area contributed by atoms with Crippen LogP contribution in [0.3, 0.4) is 0 Å². The normalized spacial score (nSPS) is 11.3. The molecule has 1 heterocycles. The minimum atomic E-state index is -0.153. The van der Waals surface area contributed by atoms with Gasteiger partial charge in [0.2, 0.25) is 0 Å². The Hall–Kier alpha value is -1.94. The first-order valence-electron chi connectivity index (χ1n) is 6.27. The molecule has 0 atom stereocenters. The van der Waals surface area contributed by atoms with Crippen molar-refractivity contribution in [2.75, 3.05) is 0 Å². The first-order valence-corrected chi connectivity index (χ1v) is 7.15. The molecule has 19 heavy (non-hydrogen) atoms. The highest BCUT2D eigenvalue weighted by atomic mass is 32.1. The number of hydrazone groups is 1. The number of nitrogens with zero attached hydrogens (tertiary/aromatic N) is 1. The van der Waals surface area contributed by atoms with Crippen LogP contribution in [0.5, 0.6) is 0 Å². The van der Waals surface area contributed by atoms with Crippen LogP contribution in [0.25, 0.3) is 0 Å². The standard InChI is InChI=1S/C15H16N2OS/c1-2-7-13(12-8-4-3-5-9-12)16-17-15(18)14-10-6-11-19-14/h3-6,8-11H,2,7H2,1H3,(H,17,18). The molecule has 0 spiro atoms. The maximum Gasteiger partial charge on any atom is 0.281 e. The van der Waals surface area contributed by atoms with E-state index in [1.54, 1.807) is 6.07 Å². The van der Waals surface area contributed by atoms with E-state index >= 15 is 0 Å². The summed E-state index contributed by atoms with van der Waals surface area (Å²) in [6.45, 7) is 2.10. The Balaban J connectivity index is 2.11. The SMILES string of the molecule is CCCC(=NNC(=O)c1cccs1)c1ccccc1. The van der Waals surface area contributed by atoms with Gasteiger partial charge in [0, 0.05) is 0 Å². The van der Waals surface area contributed by atoms with Crippen molar-refractivity contribution in [2.24, 2.45) is 5.10 Å². The van der Waals surface area contributed by atoms with Crippen LogP contribution in [0.1, 0.15) is 35.0 Å². The summed E-state index contributed by atoms with van der Waals surface area (Å²) in [5.41, 5.74) is 4.59. The van der Waals surface area contributed by atoms with E-state index in [1.807, 2.05) is 41.8 Å². The highest BCUT2D eigenvalue weighted by Crippen LogP contribution is 2.09. The lowest BCUT2D eigenvalue weighted by atomic mass is 10.1. The van der Waals surface area contributed by atoms with Crippen molar-refractivity contribution in [1.29, 1.82) is 0 Å². The third-order valence-corrected chi connectivity index (χ3v) is 3.50. The van der Waals surface area contributed by atoms with E-state index in [0.717, 1.165) is 24.1 Å². The number of benzene rings is 1. The first kappa shape index (κ1) is 13.5. The van der Waals surface area contributed by atoms with Crippen LogP contribution in [0.15, 0.2) is 52.9 Å². The van der Waals surface area contributed by atoms with E-state index in [0.29, 0.717) is 4.88 Å². The van der Waals surface area contributed by atoms with E-state index in [4.69, 9.17) is 0 Å². The summed E-state index contributed by atoms with van der Waals surface area (Å²) in [4.78, 5) is 12.5. The number of hydrogen-bond acceptors (Lipinski definition) is 3. The van der Waals surface area contributed by atoms with Gasteiger partial charge in [0.15, 0.2) is 0 Å². The Labute approximate surface area is 117 Å². The van der Waals surface area contributed by atoms with Crippen LogP contribution in [-0.4, -0.2) is 11.6 Å². The number of hydrogen-bond donors (Lipinski definition) is 1. The van der Waals surface area contributed by atoms with Crippen LogP contribution in [0.4, 0.5) is 0 Å². The third kappa shape index (κ3) is 3.76. The lowest BCUT2D eigenvalue weighted by Gasteiger charge is -2.05. The zero-order valence-electron chi connectivity index (χ0n) is 10.8. The summed E-state index contributed by atoms with van der Waals surface area (Å²) in [6.07, 6.45) is 1.83. The average molecular weight is 272 g/mol. The third-order valence-electron chi connectivity index (χ3n) is 2.63. The summed E-state index contributed by atoms with van der Waals surface area (Å²) in [5.74, 6) is -0.153. The second-order valence-corrected chi connectivity index (χ2v) is 5.04. The van der Waals surface area contributed by atoms with E-state index in [9.17, 15) is 4.79 Å². The summed E-state index contributed by atoms with van der Waals surface area (Å²) in [5, 5.41) is 6.14. The van der Waals surface area contributed by atoms with Gasteiger partial charge in [-0.05, 0) is 23.4 Å². The summed E-state index contributed by atoms with van der Waals surface area (Å²) < 4.78 is 0. The average Bonchev–Trinajstić information content (AvgIpc) is 2.98. The quantitative estimate of drug-likeness (QED) is 0.654. The molecular weight excluding hydrogens is 256 g/mol. The zero-order valence-corrected chi connectivity index (χ0v) is 11.6. The van der Waals surface area contributed by atoms with Crippen molar-refractivity contribution in [2.45, 2.75) is 19.8 Å². The Morgan fingerprint density at radius 1 is 1.21 bits per heavy atom. The molecule has 0 aliphatic carbocycles. The fourth-order valence-corrected chi connectivity index (χ4v) is 2.33. The molecule has 3 nitrogen and oxygen atoms in total. The maximum atomic E-state index is 11.8. The summed E-state index contributed by atoms with van der Waals surface area (Å²) >= 11 is 1.41. The molecule has 98 valence electrons. The van der Waals surface area contributed by atoms with Gasteiger partial charge in [0.05, 0.1) is 10.6 Å². The van der Waals surface area contributed by atoms with Gasteiger partial charge in [-0.1, -0.05) is 49.7 Å². The van der Waals surface area contributed by atoms with Crippen LogP contribution < -0.4 is 5.43 Å². The van der Waals surface area contributed by atoms with Gasteiger partial charge < -0.3 is 0 Å². The first-order chi connectivity index (χ1) is 9.31. The van der Waals surface area contributed by atoms with Crippen molar-refractivity contribution < 1.29 is 4.79 Å². The number of carbonyl (C=O) groups is 1. The number of amides is 1. The molecule has 0 bridgehead atoms. The van der Waals surface area contributed by atoms with Gasteiger partial charge >= 0.3 is 0 Å². The van der Waals surface area contributed by atoms with Gasteiger partial charge in [-0.3, -0.25) is 4.79 Å². The molecule has 0 saturated carbocycles. The molecule has 0 saturated heterocycles. The van der Waals surface area contributed by atoms with E-state index < -0.39 is 0 Å². The summed E-state index contributed by atoms with van der Waals surface area (Å²) in [7, 11) is 0. The molecule has 0 fully saturated rings. The molecule has 0 aliphatic rings. The van der Waals surface area contributed by atoms with Gasteiger partial charge in [0.25, 0.3) is 5.91 Å². The van der Waals surface area contributed by atoms with Crippen LogP contribution >= 0.6 is 11.3 Å². The molecule has 2 aromatic rings. The minimum Gasteiger partial charge on any atom is -0.266 e. The molecule has 1 aromatic carbocycles. The molecule has 1 aromatic heterocycles. The zero-order chi connectivity index (χ0) is 13.5. The van der Waals surface area contributed by atoms with Crippen LogP contribution in [-0.2, 0) is 0 Å². The van der Waals surface area contributed by atoms with Crippen LogP contribution in [0, 0.1) is 0 Å².